The highest BCUT2D eigenvalue weighted by Crippen LogP contribution is 2.49. The van der Waals surface area contributed by atoms with Crippen LogP contribution in [-0.4, -0.2) is 30.7 Å². The van der Waals surface area contributed by atoms with E-state index in [1.165, 1.54) is 5.56 Å². The van der Waals surface area contributed by atoms with E-state index in [9.17, 15) is 13.2 Å². The molecule has 5 aromatic rings. The van der Waals surface area contributed by atoms with Crippen molar-refractivity contribution in [2.75, 3.05) is 11.6 Å². The zero-order valence-electron chi connectivity index (χ0n) is 23.3. The molecule has 0 saturated heterocycles. The first kappa shape index (κ1) is 27.4. The smallest absolute Gasteiger partial charge is 0.244 e. The van der Waals surface area contributed by atoms with Gasteiger partial charge >= 0.3 is 0 Å². The summed E-state index contributed by atoms with van der Waals surface area (Å²) in [4.78, 5) is 17.4. The summed E-state index contributed by atoms with van der Waals surface area (Å²) >= 11 is 0. The maximum Gasteiger partial charge on any atom is 0.244 e. The predicted molar refractivity (Wildman–Crippen MR) is 163 cm³/mol. The molecule has 1 saturated carbocycles. The summed E-state index contributed by atoms with van der Waals surface area (Å²) in [5, 5.41) is 7.60. The van der Waals surface area contributed by atoms with Crippen molar-refractivity contribution < 1.29 is 17.7 Å². The SMILES string of the molecule is Cc1noc(-c2ccc(-c3ccc(C4(C(=O)NS(C)(=O)=O)CC4)cc3)cc2)c1Nc1cccc(Cc2ccccc2)n1. The zero-order valence-corrected chi connectivity index (χ0v) is 24.1. The summed E-state index contributed by atoms with van der Waals surface area (Å²) in [5.41, 5.74) is 6.55. The molecule has 6 rings (SSSR count). The van der Waals surface area contributed by atoms with Crippen LogP contribution in [0, 0.1) is 6.92 Å². The van der Waals surface area contributed by atoms with Gasteiger partial charge in [0.15, 0.2) is 5.76 Å². The Kier molecular flexibility index (Phi) is 7.12. The number of pyridine rings is 1. The van der Waals surface area contributed by atoms with Crippen LogP contribution in [0.2, 0.25) is 0 Å². The lowest BCUT2D eigenvalue weighted by atomic mass is 9.93. The molecule has 0 unspecified atom stereocenters. The van der Waals surface area contributed by atoms with Gasteiger partial charge in [-0.1, -0.05) is 90.1 Å². The quantitative estimate of drug-likeness (QED) is 0.216. The Labute approximate surface area is 244 Å². The lowest BCUT2D eigenvalue weighted by molar-refractivity contribution is -0.121. The van der Waals surface area contributed by atoms with Crippen LogP contribution >= 0.6 is 0 Å². The second-order valence-corrected chi connectivity index (χ2v) is 12.5. The number of carbonyl (C=O) groups excluding carboxylic acids is 1. The second kappa shape index (κ2) is 10.9. The van der Waals surface area contributed by atoms with E-state index in [2.05, 4.69) is 27.3 Å². The fourth-order valence-electron chi connectivity index (χ4n) is 5.13. The minimum atomic E-state index is -3.61. The van der Waals surface area contributed by atoms with Crippen LogP contribution < -0.4 is 10.0 Å². The summed E-state index contributed by atoms with van der Waals surface area (Å²) in [5.74, 6) is 0.871. The molecule has 1 aliphatic carbocycles. The number of rotatable bonds is 9. The number of hydrogen-bond donors (Lipinski definition) is 2. The number of hydrogen-bond acceptors (Lipinski definition) is 7. The number of carbonyl (C=O) groups is 1. The van der Waals surface area contributed by atoms with Gasteiger partial charge in [0.2, 0.25) is 15.9 Å². The van der Waals surface area contributed by atoms with Crippen molar-refractivity contribution in [2.45, 2.75) is 31.6 Å². The molecule has 1 amide bonds. The second-order valence-electron chi connectivity index (χ2n) is 10.7. The summed E-state index contributed by atoms with van der Waals surface area (Å²) in [6.07, 6.45) is 2.99. The number of sulfonamides is 1. The third kappa shape index (κ3) is 5.82. The first-order chi connectivity index (χ1) is 20.2. The van der Waals surface area contributed by atoms with Gasteiger partial charge < -0.3 is 9.84 Å². The normalized spacial score (nSPS) is 13.9. The number of aryl methyl sites for hydroxylation is 1. The maximum absolute atomic E-state index is 12.6. The number of benzene rings is 3. The molecule has 2 aromatic heterocycles. The monoisotopic (exact) mass is 578 g/mol. The standard InChI is InChI=1S/C33H30N4O4S/c1-22-30(35-29-10-6-9-28(34-29)21-23-7-4-3-5-8-23)31(41-36-22)26-13-11-24(12-14-26)25-15-17-27(18-16-25)33(19-20-33)32(38)37-42(2,39)40/h3-18H,19-21H2,1-2H3,(H,34,35)(H,37,38). The van der Waals surface area contributed by atoms with Crippen LogP contribution in [-0.2, 0) is 26.7 Å². The van der Waals surface area contributed by atoms with E-state index >= 15 is 0 Å². The molecule has 0 atom stereocenters. The largest absolute Gasteiger partial charge is 0.354 e. The van der Waals surface area contributed by atoms with Gasteiger partial charge in [-0.25, -0.2) is 13.4 Å². The van der Waals surface area contributed by atoms with Crippen molar-refractivity contribution in [3.8, 4) is 22.5 Å². The zero-order chi connectivity index (χ0) is 29.3. The lowest BCUT2D eigenvalue weighted by Gasteiger charge is -2.15. The van der Waals surface area contributed by atoms with Crippen molar-refractivity contribution in [1.82, 2.24) is 14.9 Å². The van der Waals surface area contributed by atoms with Crippen LogP contribution in [0.4, 0.5) is 11.5 Å². The highest BCUT2D eigenvalue weighted by Gasteiger charge is 2.52. The predicted octanol–water partition coefficient (Wildman–Crippen LogP) is 6.15. The number of anilines is 2. The highest BCUT2D eigenvalue weighted by molar-refractivity contribution is 7.89. The molecule has 0 spiro atoms. The van der Waals surface area contributed by atoms with Crippen LogP contribution in [0.5, 0.6) is 0 Å². The highest BCUT2D eigenvalue weighted by atomic mass is 32.2. The maximum atomic E-state index is 12.6. The Morgan fingerprint density at radius 3 is 2.14 bits per heavy atom. The molecule has 0 radical (unpaired) electrons. The third-order valence-corrected chi connectivity index (χ3v) is 8.09. The van der Waals surface area contributed by atoms with Crippen molar-refractivity contribution in [3.63, 3.8) is 0 Å². The Hall–Kier alpha value is -4.76. The Morgan fingerprint density at radius 2 is 1.50 bits per heavy atom. The molecular weight excluding hydrogens is 548 g/mol. The topological polar surface area (TPSA) is 114 Å². The van der Waals surface area contributed by atoms with E-state index < -0.39 is 21.3 Å². The van der Waals surface area contributed by atoms with Crippen LogP contribution in [0.1, 0.15) is 35.4 Å². The Balaban J connectivity index is 1.18. The van der Waals surface area contributed by atoms with Crippen molar-refractivity contribution in [3.05, 3.63) is 120 Å². The van der Waals surface area contributed by atoms with Crippen LogP contribution in [0.3, 0.4) is 0 Å². The molecule has 42 heavy (non-hydrogen) atoms. The summed E-state index contributed by atoms with van der Waals surface area (Å²) in [6, 6.07) is 31.9. The molecule has 2 heterocycles. The van der Waals surface area contributed by atoms with Crippen molar-refractivity contribution in [1.29, 1.82) is 0 Å². The molecule has 0 aliphatic heterocycles. The third-order valence-electron chi connectivity index (χ3n) is 7.53. The minimum absolute atomic E-state index is 0.466. The lowest BCUT2D eigenvalue weighted by Crippen LogP contribution is -2.38. The van der Waals surface area contributed by atoms with E-state index in [1.54, 1.807) is 0 Å². The van der Waals surface area contributed by atoms with Gasteiger partial charge in [-0.15, -0.1) is 0 Å². The van der Waals surface area contributed by atoms with E-state index in [4.69, 9.17) is 9.51 Å². The number of amides is 1. The number of aromatic nitrogens is 2. The molecular formula is C33H30N4O4S. The minimum Gasteiger partial charge on any atom is -0.354 e. The van der Waals surface area contributed by atoms with E-state index in [1.807, 2.05) is 91.9 Å². The van der Waals surface area contributed by atoms with Gasteiger partial charge in [0.25, 0.3) is 0 Å². The number of nitrogens with one attached hydrogen (secondary N) is 2. The van der Waals surface area contributed by atoms with Gasteiger partial charge in [0, 0.05) is 17.7 Å². The van der Waals surface area contributed by atoms with Crippen LogP contribution in [0.25, 0.3) is 22.5 Å². The Morgan fingerprint density at radius 1 is 0.857 bits per heavy atom. The number of nitrogens with zero attached hydrogens (tertiary/aromatic N) is 2. The molecule has 0 bridgehead atoms. The van der Waals surface area contributed by atoms with E-state index in [0.717, 1.165) is 52.0 Å². The van der Waals surface area contributed by atoms with Crippen molar-refractivity contribution >= 4 is 27.4 Å². The van der Waals surface area contributed by atoms with Crippen LogP contribution in [0.15, 0.2) is 102 Å². The summed E-state index contributed by atoms with van der Waals surface area (Å²) in [6.45, 7) is 1.89. The average Bonchev–Trinajstić information content (AvgIpc) is 3.72. The first-order valence-corrected chi connectivity index (χ1v) is 15.6. The fraction of sp³-hybridized carbons (Fsp3) is 0.182. The van der Waals surface area contributed by atoms with E-state index in [-0.39, 0.29) is 0 Å². The summed E-state index contributed by atoms with van der Waals surface area (Å²) in [7, 11) is -3.61. The van der Waals surface area contributed by atoms with Gasteiger partial charge in [0.1, 0.15) is 17.2 Å². The van der Waals surface area contributed by atoms with Crippen molar-refractivity contribution in [2.24, 2.45) is 0 Å². The first-order valence-electron chi connectivity index (χ1n) is 13.7. The molecule has 8 nitrogen and oxygen atoms in total. The van der Waals surface area contributed by atoms with Gasteiger partial charge in [-0.2, -0.15) is 0 Å². The van der Waals surface area contributed by atoms with E-state index in [0.29, 0.717) is 24.4 Å². The van der Waals surface area contributed by atoms with Gasteiger partial charge in [-0.05, 0) is 54.2 Å². The Bertz CT molecular complexity index is 1840. The molecule has 212 valence electrons. The van der Waals surface area contributed by atoms with Gasteiger partial charge in [0.05, 0.1) is 11.7 Å². The molecule has 1 fully saturated rings. The fourth-order valence-corrected chi connectivity index (χ4v) is 5.66. The molecule has 9 heteroatoms. The molecule has 2 N–H and O–H groups in total. The summed E-state index contributed by atoms with van der Waals surface area (Å²) < 4.78 is 31.0. The molecule has 3 aromatic carbocycles. The molecule has 1 aliphatic rings. The average molecular weight is 579 g/mol. The van der Waals surface area contributed by atoms with Gasteiger partial charge in [-0.3, -0.25) is 9.52 Å².